The third-order valence-corrected chi connectivity index (χ3v) is 4.73. The standard InChI is InChI=1S/C23H28N4O4/c1-15(26-16(2)28)6-11-22(29)27-23(24)21-10-9-20(13-25-21)31-19-5-3-4-18(12-19)30-14-17-7-8-17/h3-5,9-10,12-13,15,17H,6-8,11,14H2,1-2H3,(H,26,28)(H2,24,27,29). The summed E-state index contributed by atoms with van der Waals surface area (Å²) in [5, 5.41) is 13.3. The van der Waals surface area contributed by atoms with Gasteiger partial charge in [0.1, 0.15) is 22.9 Å². The van der Waals surface area contributed by atoms with E-state index in [-0.39, 0.29) is 30.1 Å². The van der Waals surface area contributed by atoms with Crippen LogP contribution < -0.4 is 20.1 Å². The summed E-state index contributed by atoms with van der Waals surface area (Å²) >= 11 is 0. The Morgan fingerprint density at radius 2 is 1.97 bits per heavy atom. The summed E-state index contributed by atoms with van der Waals surface area (Å²) < 4.78 is 11.6. The van der Waals surface area contributed by atoms with Gasteiger partial charge in [-0.25, -0.2) is 4.98 Å². The summed E-state index contributed by atoms with van der Waals surface area (Å²) in [7, 11) is 0. The lowest BCUT2D eigenvalue weighted by molar-refractivity contribution is -0.121. The van der Waals surface area contributed by atoms with Crippen molar-refractivity contribution in [2.75, 3.05) is 6.61 Å². The lowest BCUT2D eigenvalue weighted by Gasteiger charge is -2.12. The summed E-state index contributed by atoms with van der Waals surface area (Å²) in [5.74, 6) is 2.09. The van der Waals surface area contributed by atoms with Gasteiger partial charge in [-0.05, 0) is 56.4 Å². The topological polar surface area (TPSA) is 113 Å². The molecule has 0 saturated heterocycles. The van der Waals surface area contributed by atoms with Gasteiger partial charge in [0, 0.05) is 25.5 Å². The highest BCUT2D eigenvalue weighted by Crippen LogP contribution is 2.31. The molecular weight excluding hydrogens is 396 g/mol. The normalized spacial score (nSPS) is 13.7. The quantitative estimate of drug-likeness (QED) is 0.400. The predicted octanol–water partition coefficient (Wildman–Crippen LogP) is 3.41. The molecular formula is C23H28N4O4. The zero-order chi connectivity index (χ0) is 22.2. The number of hydrogen-bond donors (Lipinski definition) is 3. The van der Waals surface area contributed by atoms with Gasteiger partial charge in [0.15, 0.2) is 5.84 Å². The highest BCUT2D eigenvalue weighted by atomic mass is 16.5. The lowest BCUT2D eigenvalue weighted by Crippen LogP contribution is -2.34. The Balaban J connectivity index is 1.47. The largest absolute Gasteiger partial charge is 0.493 e. The molecule has 3 N–H and O–H groups in total. The highest BCUT2D eigenvalue weighted by Gasteiger charge is 2.21. The molecule has 1 aliphatic carbocycles. The van der Waals surface area contributed by atoms with Crippen LogP contribution in [0.25, 0.3) is 0 Å². The first kappa shape index (κ1) is 22.3. The second kappa shape index (κ2) is 10.6. The first-order valence-corrected chi connectivity index (χ1v) is 10.4. The van der Waals surface area contributed by atoms with E-state index in [2.05, 4.69) is 15.6 Å². The summed E-state index contributed by atoms with van der Waals surface area (Å²) in [6.07, 6.45) is 4.67. The van der Waals surface area contributed by atoms with Crippen LogP contribution in [0.5, 0.6) is 17.2 Å². The van der Waals surface area contributed by atoms with Crippen LogP contribution in [0.15, 0.2) is 42.6 Å². The molecule has 1 saturated carbocycles. The molecule has 2 aromatic rings. The number of benzene rings is 1. The number of amidine groups is 1. The number of ether oxygens (including phenoxy) is 2. The third-order valence-electron chi connectivity index (χ3n) is 4.73. The Labute approximate surface area is 181 Å². The van der Waals surface area contributed by atoms with Crippen LogP contribution >= 0.6 is 0 Å². The lowest BCUT2D eigenvalue weighted by atomic mass is 10.1. The van der Waals surface area contributed by atoms with Crippen molar-refractivity contribution < 1.29 is 19.1 Å². The minimum Gasteiger partial charge on any atom is -0.493 e. The van der Waals surface area contributed by atoms with Crippen molar-refractivity contribution in [3.8, 4) is 17.2 Å². The molecule has 0 radical (unpaired) electrons. The number of carbonyl (C=O) groups is 2. The fourth-order valence-electron chi connectivity index (χ4n) is 2.88. The molecule has 31 heavy (non-hydrogen) atoms. The molecule has 1 aromatic heterocycles. The summed E-state index contributed by atoms with van der Waals surface area (Å²) in [6.45, 7) is 4.00. The van der Waals surface area contributed by atoms with E-state index < -0.39 is 0 Å². The van der Waals surface area contributed by atoms with Crippen LogP contribution in [-0.4, -0.2) is 35.3 Å². The Bertz CT molecular complexity index is 925. The van der Waals surface area contributed by atoms with Gasteiger partial charge in [-0.3, -0.25) is 15.0 Å². The smallest absolute Gasteiger partial charge is 0.225 e. The van der Waals surface area contributed by atoms with Gasteiger partial charge in [-0.15, -0.1) is 0 Å². The zero-order valence-electron chi connectivity index (χ0n) is 17.8. The summed E-state index contributed by atoms with van der Waals surface area (Å²) in [5.41, 5.74) is 0.331. The number of rotatable bonds is 10. The molecule has 1 aliphatic rings. The second-order valence-electron chi connectivity index (χ2n) is 7.77. The fraction of sp³-hybridized carbons (Fsp3) is 0.391. The molecule has 3 rings (SSSR count). The molecule has 1 aromatic carbocycles. The molecule has 1 atom stereocenters. The Morgan fingerprint density at radius 1 is 1.19 bits per heavy atom. The van der Waals surface area contributed by atoms with Gasteiger partial charge in [-0.1, -0.05) is 6.07 Å². The van der Waals surface area contributed by atoms with Crippen LogP contribution in [-0.2, 0) is 9.59 Å². The number of aromatic nitrogens is 1. The van der Waals surface area contributed by atoms with Crippen molar-refractivity contribution in [1.82, 2.24) is 15.6 Å². The van der Waals surface area contributed by atoms with E-state index >= 15 is 0 Å². The monoisotopic (exact) mass is 424 g/mol. The highest BCUT2D eigenvalue weighted by molar-refractivity contribution is 6.05. The van der Waals surface area contributed by atoms with Crippen LogP contribution in [0.4, 0.5) is 0 Å². The van der Waals surface area contributed by atoms with E-state index in [1.165, 1.54) is 26.0 Å². The molecule has 164 valence electrons. The van der Waals surface area contributed by atoms with Crippen LogP contribution in [0.2, 0.25) is 0 Å². The van der Waals surface area contributed by atoms with Crippen LogP contribution in [0, 0.1) is 11.3 Å². The van der Waals surface area contributed by atoms with E-state index in [0.717, 1.165) is 12.4 Å². The van der Waals surface area contributed by atoms with Crippen molar-refractivity contribution in [1.29, 1.82) is 5.41 Å². The molecule has 8 heteroatoms. The average molecular weight is 425 g/mol. The van der Waals surface area contributed by atoms with Crippen molar-refractivity contribution in [3.05, 3.63) is 48.3 Å². The van der Waals surface area contributed by atoms with E-state index in [1.54, 1.807) is 12.1 Å². The van der Waals surface area contributed by atoms with Gasteiger partial charge in [-0.2, -0.15) is 0 Å². The molecule has 8 nitrogen and oxygen atoms in total. The van der Waals surface area contributed by atoms with Crippen molar-refractivity contribution >= 4 is 17.6 Å². The van der Waals surface area contributed by atoms with Crippen molar-refractivity contribution in [2.24, 2.45) is 5.92 Å². The summed E-state index contributed by atoms with van der Waals surface area (Å²) in [6, 6.07) is 10.6. The molecule has 2 amide bonds. The SMILES string of the molecule is CC(=O)NC(C)CCC(=O)NC(=N)c1ccc(Oc2cccc(OCC3CC3)c2)cn1. The minimum atomic E-state index is -0.299. The predicted molar refractivity (Wildman–Crippen MR) is 116 cm³/mol. The minimum absolute atomic E-state index is 0.0841. The number of nitrogens with zero attached hydrogens (tertiary/aromatic N) is 1. The number of carbonyl (C=O) groups excluding carboxylic acids is 2. The van der Waals surface area contributed by atoms with Gasteiger partial charge < -0.3 is 20.1 Å². The van der Waals surface area contributed by atoms with Crippen LogP contribution in [0.1, 0.15) is 45.2 Å². The van der Waals surface area contributed by atoms with Crippen molar-refractivity contribution in [3.63, 3.8) is 0 Å². The van der Waals surface area contributed by atoms with Gasteiger partial charge in [0.05, 0.1) is 12.8 Å². The number of amides is 2. The fourth-order valence-corrected chi connectivity index (χ4v) is 2.88. The second-order valence-corrected chi connectivity index (χ2v) is 7.77. The number of nitrogens with one attached hydrogen (secondary N) is 3. The Hall–Kier alpha value is -3.42. The molecule has 1 heterocycles. The Kier molecular flexibility index (Phi) is 7.59. The molecule has 0 bridgehead atoms. The van der Waals surface area contributed by atoms with E-state index in [0.29, 0.717) is 29.5 Å². The molecule has 0 aliphatic heterocycles. The van der Waals surface area contributed by atoms with Crippen molar-refractivity contribution in [2.45, 2.75) is 45.6 Å². The van der Waals surface area contributed by atoms with Gasteiger partial charge >= 0.3 is 0 Å². The maximum Gasteiger partial charge on any atom is 0.225 e. The first-order valence-electron chi connectivity index (χ1n) is 10.4. The number of hydrogen-bond acceptors (Lipinski definition) is 6. The maximum absolute atomic E-state index is 12.0. The summed E-state index contributed by atoms with van der Waals surface area (Å²) in [4.78, 5) is 27.2. The Morgan fingerprint density at radius 3 is 2.65 bits per heavy atom. The van der Waals surface area contributed by atoms with Gasteiger partial charge in [0.25, 0.3) is 0 Å². The number of pyridine rings is 1. The van der Waals surface area contributed by atoms with E-state index in [9.17, 15) is 9.59 Å². The third kappa shape index (κ3) is 7.73. The van der Waals surface area contributed by atoms with Gasteiger partial charge in [0.2, 0.25) is 11.8 Å². The molecule has 1 unspecified atom stereocenters. The maximum atomic E-state index is 12.0. The first-order chi connectivity index (χ1) is 14.9. The average Bonchev–Trinajstić information content (AvgIpc) is 3.56. The van der Waals surface area contributed by atoms with Crippen LogP contribution in [0.3, 0.4) is 0 Å². The van der Waals surface area contributed by atoms with E-state index in [1.807, 2.05) is 31.2 Å². The van der Waals surface area contributed by atoms with E-state index in [4.69, 9.17) is 14.9 Å². The zero-order valence-corrected chi connectivity index (χ0v) is 17.8. The molecule has 0 spiro atoms. The molecule has 1 fully saturated rings.